The Morgan fingerprint density at radius 1 is 1.47 bits per heavy atom. The van der Waals surface area contributed by atoms with Crippen LogP contribution in [0.4, 0.5) is 0 Å². The quantitative estimate of drug-likeness (QED) is 0.796. The predicted octanol–water partition coefficient (Wildman–Crippen LogP) is 1.27. The maximum absolute atomic E-state index is 12.3. The lowest BCUT2D eigenvalue weighted by Gasteiger charge is -2.23. The highest BCUT2D eigenvalue weighted by Crippen LogP contribution is 2.29. The SMILES string of the molecule is Cc1occc1C(=O)N1CC2CCNCC2C1. The van der Waals surface area contributed by atoms with Crippen LogP contribution in [0, 0.1) is 18.8 Å². The summed E-state index contributed by atoms with van der Waals surface area (Å²) in [5, 5.41) is 3.41. The minimum Gasteiger partial charge on any atom is -0.469 e. The number of hydrogen-bond donors (Lipinski definition) is 1. The number of carbonyl (C=O) groups excluding carboxylic acids is 1. The van der Waals surface area contributed by atoms with E-state index in [4.69, 9.17) is 4.42 Å². The molecule has 0 aromatic carbocycles. The van der Waals surface area contributed by atoms with Gasteiger partial charge in [-0.2, -0.15) is 0 Å². The van der Waals surface area contributed by atoms with Gasteiger partial charge in [-0.15, -0.1) is 0 Å². The van der Waals surface area contributed by atoms with Gasteiger partial charge >= 0.3 is 0 Å². The standard InChI is InChI=1S/C13H18N2O2/c1-9-12(3-5-17-9)13(16)15-7-10-2-4-14-6-11(10)8-15/h3,5,10-11,14H,2,4,6-8H2,1H3. The topological polar surface area (TPSA) is 45.5 Å². The first kappa shape index (κ1) is 10.8. The van der Waals surface area contributed by atoms with Gasteiger partial charge in [-0.3, -0.25) is 4.79 Å². The van der Waals surface area contributed by atoms with E-state index in [2.05, 4.69) is 5.32 Å². The molecule has 92 valence electrons. The number of amides is 1. The van der Waals surface area contributed by atoms with E-state index in [-0.39, 0.29) is 5.91 Å². The predicted molar refractivity (Wildman–Crippen MR) is 63.8 cm³/mol. The van der Waals surface area contributed by atoms with Gasteiger partial charge in [0.1, 0.15) is 5.76 Å². The number of likely N-dealkylation sites (tertiary alicyclic amines) is 1. The van der Waals surface area contributed by atoms with E-state index in [0.29, 0.717) is 11.8 Å². The first-order valence-electron chi connectivity index (χ1n) is 6.30. The molecule has 2 unspecified atom stereocenters. The molecule has 0 saturated carbocycles. The van der Waals surface area contributed by atoms with E-state index in [0.717, 1.165) is 37.5 Å². The molecule has 0 radical (unpaired) electrons. The van der Waals surface area contributed by atoms with Gasteiger partial charge in [-0.05, 0) is 44.3 Å². The molecule has 0 spiro atoms. The first-order chi connectivity index (χ1) is 8.25. The number of furan rings is 1. The molecule has 1 amide bonds. The van der Waals surface area contributed by atoms with Gasteiger partial charge in [0.25, 0.3) is 5.91 Å². The normalized spacial score (nSPS) is 28.2. The number of carbonyl (C=O) groups is 1. The molecule has 1 N–H and O–H groups in total. The molecule has 2 atom stereocenters. The smallest absolute Gasteiger partial charge is 0.257 e. The molecule has 4 nitrogen and oxygen atoms in total. The Morgan fingerprint density at radius 3 is 3.00 bits per heavy atom. The molecule has 1 aromatic rings. The summed E-state index contributed by atoms with van der Waals surface area (Å²) in [6, 6.07) is 1.78. The van der Waals surface area contributed by atoms with Crippen molar-refractivity contribution >= 4 is 5.91 Å². The molecular formula is C13H18N2O2. The number of hydrogen-bond acceptors (Lipinski definition) is 3. The van der Waals surface area contributed by atoms with E-state index in [1.54, 1.807) is 12.3 Å². The molecule has 2 saturated heterocycles. The number of nitrogens with zero attached hydrogens (tertiary/aromatic N) is 1. The van der Waals surface area contributed by atoms with Crippen molar-refractivity contribution in [1.29, 1.82) is 0 Å². The van der Waals surface area contributed by atoms with Gasteiger partial charge < -0.3 is 14.6 Å². The minimum absolute atomic E-state index is 0.130. The molecule has 17 heavy (non-hydrogen) atoms. The number of nitrogens with one attached hydrogen (secondary N) is 1. The van der Waals surface area contributed by atoms with Gasteiger partial charge in [-0.25, -0.2) is 0 Å². The molecule has 3 rings (SSSR count). The van der Waals surface area contributed by atoms with Crippen LogP contribution in [0.15, 0.2) is 16.7 Å². The van der Waals surface area contributed by atoms with Gasteiger partial charge in [0, 0.05) is 13.1 Å². The monoisotopic (exact) mass is 234 g/mol. The zero-order valence-electron chi connectivity index (χ0n) is 10.1. The van der Waals surface area contributed by atoms with Crippen molar-refractivity contribution in [2.45, 2.75) is 13.3 Å². The molecule has 2 aliphatic heterocycles. The van der Waals surface area contributed by atoms with E-state index >= 15 is 0 Å². The highest BCUT2D eigenvalue weighted by molar-refractivity contribution is 5.95. The van der Waals surface area contributed by atoms with Crippen molar-refractivity contribution in [2.75, 3.05) is 26.2 Å². The summed E-state index contributed by atoms with van der Waals surface area (Å²) in [5.41, 5.74) is 0.719. The zero-order valence-corrected chi connectivity index (χ0v) is 10.1. The lowest BCUT2D eigenvalue weighted by Crippen LogP contribution is -2.35. The van der Waals surface area contributed by atoms with E-state index < -0.39 is 0 Å². The van der Waals surface area contributed by atoms with Crippen LogP contribution >= 0.6 is 0 Å². The van der Waals surface area contributed by atoms with Crippen LogP contribution in [0.2, 0.25) is 0 Å². The van der Waals surface area contributed by atoms with E-state index in [1.807, 2.05) is 11.8 Å². The van der Waals surface area contributed by atoms with Crippen LogP contribution in [0.1, 0.15) is 22.5 Å². The van der Waals surface area contributed by atoms with Crippen molar-refractivity contribution < 1.29 is 9.21 Å². The van der Waals surface area contributed by atoms with Crippen molar-refractivity contribution in [2.24, 2.45) is 11.8 Å². The molecule has 1 aromatic heterocycles. The summed E-state index contributed by atoms with van der Waals surface area (Å²) in [6.07, 6.45) is 2.78. The lowest BCUT2D eigenvalue weighted by atomic mass is 9.90. The Morgan fingerprint density at radius 2 is 2.29 bits per heavy atom. The second-order valence-electron chi connectivity index (χ2n) is 5.11. The Labute approximate surface area is 101 Å². The number of rotatable bonds is 1. The molecule has 4 heteroatoms. The van der Waals surface area contributed by atoms with Crippen LogP contribution in [-0.2, 0) is 0 Å². The maximum Gasteiger partial charge on any atom is 0.257 e. The highest BCUT2D eigenvalue weighted by atomic mass is 16.3. The third-order valence-electron chi connectivity index (χ3n) is 4.05. The second-order valence-corrected chi connectivity index (χ2v) is 5.11. The average molecular weight is 234 g/mol. The maximum atomic E-state index is 12.3. The largest absolute Gasteiger partial charge is 0.469 e. The minimum atomic E-state index is 0.130. The summed E-state index contributed by atoms with van der Waals surface area (Å²) in [4.78, 5) is 14.3. The van der Waals surface area contributed by atoms with Crippen LogP contribution in [-0.4, -0.2) is 37.0 Å². The molecule has 0 aliphatic carbocycles. The van der Waals surface area contributed by atoms with E-state index in [1.165, 1.54) is 6.42 Å². The summed E-state index contributed by atoms with van der Waals surface area (Å²) >= 11 is 0. The van der Waals surface area contributed by atoms with Gasteiger partial charge in [0.05, 0.1) is 11.8 Å². The van der Waals surface area contributed by atoms with Crippen molar-refractivity contribution in [3.63, 3.8) is 0 Å². The second kappa shape index (κ2) is 4.18. The molecule has 2 fully saturated rings. The van der Waals surface area contributed by atoms with Crippen molar-refractivity contribution in [3.8, 4) is 0 Å². The van der Waals surface area contributed by atoms with Gasteiger partial charge in [0.15, 0.2) is 0 Å². The summed E-state index contributed by atoms with van der Waals surface area (Å²) in [5.74, 6) is 2.18. The zero-order chi connectivity index (χ0) is 11.8. The number of piperidine rings is 1. The van der Waals surface area contributed by atoms with Crippen LogP contribution < -0.4 is 5.32 Å². The summed E-state index contributed by atoms with van der Waals surface area (Å²) in [6.45, 7) is 5.79. The first-order valence-corrected chi connectivity index (χ1v) is 6.30. The fourth-order valence-corrected chi connectivity index (χ4v) is 3.01. The van der Waals surface area contributed by atoms with Gasteiger partial charge in [0.2, 0.25) is 0 Å². The Hall–Kier alpha value is -1.29. The van der Waals surface area contributed by atoms with E-state index in [9.17, 15) is 4.79 Å². The third kappa shape index (κ3) is 1.86. The third-order valence-corrected chi connectivity index (χ3v) is 4.05. The Balaban J connectivity index is 1.74. The molecule has 0 bridgehead atoms. The highest BCUT2D eigenvalue weighted by Gasteiger charge is 2.37. The summed E-state index contributed by atoms with van der Waals surface area (Å²) in [7, 11) is 0. The van der Waals surface area contributed by atoms with Crippen molar-refractivity contribution in [3.05, 3.63) is 23.7 Å². The summed E-state index contributed by atoms with van der Waals surface area (Å²) < 4.78 is 5.20. The molecular weight excluding hydrogens is 216 g/mol. The average Bonchev–Trinajstić information content (AvgIpc) is 2.93. The van der Waals surface area contributed by atoms with Crippen molar-refractivity contribution in [1.82, 2.24) is 10.2 Å². The van der Waals surface area contributed by atoms with Crippen LogP contribution in [0.5, 0.6) is 0 Å². The fourth-order valence-electron chi connectivity index (χ4n) is 3.01. The Kier molecular flexibility index (Phi) is 2.67. The van der Waals surface area contributed by atoms with Crippen LogP contribution in [0.3, 0.4) is 0 Å². The molecule has 3 heterocycles. The lowest BCUT2D eigenvalue weighted by molar-refractivity contribution is 0.0782. The van der Waals surface area contributed by atoms with Gasteiger partial charge in [-0.1, -0.05) is 0 Å². The molecule has 2 aliphatic rings. The number of fused-ring (bicyclic) bond motifs is 1. The fraction of sp³-hybridized carbons (Fsp3) is 0.615. The Bertz CT molecular complexity index is 413. The van der Waals surface area contributed by atoms with Crippen LogP contribution in [0.25, 0.3) is 0 Å². The number of aryl methyl sites for hydroxylation is 1.